The molecular formula is C15H18N2O2S. The fraction of sp³-hybridized carbons (Fsp3) is 0.267. The summed E-state index contributed by atoms with van der Waals surface area (Å²) in [6, 6.07) is 11.6. The molecule has 0 unspecified atom stereocenters. The number of nitrogens with one attached hydrogen (secondary N) is 2. The molecule has 1 amide bonds. The van der Waals surface area contributed by atoms with Crippen molar-refractivity contribution in [2.45, 2.75) is 13.0 Å². The minimum atomic E-state index is -0.0853. The number of ether oxygens (including phenoxy) is 1. The number of carbonyl (C=O) groups excluding carboxylic acids is 1. The van der Waals surface area contributed by atoms with E-state index in [1.54, 1.807) is 18.4 Å². The Morgan fingerprint density at radius 2 is 2.10 bits per heavy atom. The molecule has 1 aromatic carbocycles. The van der Waals surface area contributed by atoms with Crippen LogP contribution in [0.2, 0.25) is 0 Å². The van der Waals surface area contributed by atoms with Crippen LogP contribution >= 0.6 is 11.3 Å². The Hall–Kier alpha value is -1.85. The van der Waals surface area contributed by atoms with Crippen molar-refractivity contribution >= 4 is 22.9 Å². The molecule has 1 atom stereocenters. The summed E-state index contributed by atoms with van der Waals surface area (Å²) in [7, 11) is 1.59. The highest BCUT2D eigenvalue weighted by Gasteiger charge is 2.10. The van der Waals surface area contributed by atoms with Gasteiger partial charge in [0, 0.05) is 10.9 Å². The van der Waals surface area contributed by atoms with Crippen LogP contribution in [0.25, 0.3) is 0 Å². The highest BCUT2D eigenvalue weighted by Crippen LogP contribution is 2.23. The van der Waals surface area contributed by atoms with Gasteiger partial charge < -0.3 is 15.4 Å². The zero-order valence-electron chi connectivity index (χ0n) is 11.6. The maximum Gasteiger partial charge on any atom is 0.238 e. The largest absolute Gasteiger partial charge is 0.495 e. The normalized spacial score (nSPS) is 11.9. The van der Waals surface area contributed by atoms with Crippen molar-refractivity contribution in [1.82, 2.24) is 5.32 Å². The van der Waals surface area contributed by atoms with Gasteiger partial charge in [0.1, 0.15) is 5.75 Å². The molecule has 0 saturated carbocycles. The zero-order chi connectivity index (χ0) is 14.4. The van der Waals surface area contributed by atoms with Gasteiger partial charge in [0.05, 0.1) is 19.3 Å². The topological polar surface area (TPSA) is 50.4 Å². The number of hydrogen-bond acceptors (Lipinski definition) is 4. The predicted molar refractivity (Wildman–Crippen MR) is 82.4 cm³/mol. The number of benzene rings is 1. The van der Waals surface area contributed by atoms with E-state index in [4.69, 9.17) is 4.74 Å². The van der Waals surface area contributed by atoms with Crippen molar-refractivity contribution in [1.29, 1.82) is 0 Å². The van der Waals surface area contributed by atoms with E-state index in [9.17, 15) is 4.79 Å². The smallest absolute Gasteiger partial charge is 0.238 e. The monoisotopic (exact) mass is 290 g/mol. The summed E-state index contributed by atoms with van der Waals surface area (Å²) in [5.41, 5.74) is 0.686. The van der Waals surface area contributed by atoms with Crippen LogP contribution < -0.4 is 15.4 Å². The van der Waals surface area contributed by atoms with Crippen LogP contribution in [0.4, 0.5) is 5.69 Å². The van der Waals surface area contributed by atoms with Crippen molar-refractivity contribution in [3.63, 3.8) is 0 Å². The number of carbonyl (C=O) groups is 1. The first-order valence-electron chi connectivity index (χ1n) is 6.40. The molecule has 1 aromatic heterocycles. The zero-order valence-corrected chi connectivity index (χ0v) is 12.4. The Balaban J connectivity index is 1.86. The molecule has 4 nitrogen and oxygen atoms in total. The molecule has 0 aliphatic carbocycles. The molecule has 0 spiro atoms. The maximum atomic E-state index is 11.9. The van der Waals surface area contributed by atoms with Gasteiger partial charge in [0.15, 0.2) is 0 Å². The lowest BCUT2D eigenvalue weighted by Gasteiger charge is -2.13. The Kier molecular flexibility index (Phi) is 5.15. The number of anilines is 1. The van der Waals surface area contributed by atoms with Crippen LogP contribution in [-0.4, -0.2) is 19.6 Å². The third-order valence-electron chi connectivity index (χ3n) is 2.92. The second-order valence-electron chi connectivity index (χ2n) is 4.37. The molecule has 0 fully saturated rings. The van der Waals surface area contributed by atoms with Crippen molar-refractivity contribution < 1.29 is 9.53 Å². The van der Waals surface area contributed by atoms with E-state index in [1.165, 1.54) is 4.88 Å². The minimum absolute atomic E-state index is 0.0853. The van der Waals surface area contributed by atoms with Crippen molar-refractivity contribution in [2.24, 2.45) is 0 Å². The van der Waals surface area contributed by atoms with Crippen LogP contribution in [0.1, 0.15) is 17.8 Å². The summed E-state index contributed by atoms with van der Waals surface area (Å²) in [5, 5.41) is 8.07. The predicted octanol–water partition coefficient (Wildman–Crippen LogP) is 3.05. The van der Waals surface area contributed by atoms with Gasteiger partial charge in [-0.1, -0.05) is 18.2 Å². The molecule has 0 saturated heterocycles. The van der Waals surface area contributed by atoms with Crippen LogP contribution in [0.15, 0.2) is 41.8 Å². The van der Waals surface area contributed by atoms with E-state index in [-0.39, 0.29) is 18.5 Å². The molecule has 106 valence electrons. The average Bonchev–Trinajstić information content (AvgIpc) is 2.99. The first-order chi connectivity index (χ1) is 9.70. The third kappa shape index (κ3) is 3.82. The maximum absolute atomic E-state index is 11.9. The van der Waals surface area contributed by atoms with E-state index in [1.807, 2.05) is 42.6 Å². The van der Waals surface area contributed by atoms with Gasteiger partial charge in [-0.05, 0) is 30.5 Å². The molecule has 20 heavy (non-hydrogen) atoms. The molecule has 0 radical (unpaired) electrons. The quantitative estimate of drug-likeness (QED) is 0.859. The molecular weight excluding hydrogens is 272 g/mol. The fourth-order valence-electron chi connectivity index (χ4n) is 1.83. The summed E-state index contributed by atoms with van der Waals surface area (Å²) in [6.07, 6.45) is 0. The Labute approximate surface area is 122 Å². The molecule has 2 N–H and O–H groups in total. The van der Waals surface area contributed by atoms with Gasteiger partial charge in [-0.15, -0.1) is 11.3 Å². The number of hydrogen-bond donors (Lipinski definition) is 2. The lowest BCUT2D eigenvalue weighted by molar-refractivity contribution is -0.115. The Bertz CT molecular complexity index is 555. The first-order valence-corrected chi connectivity index (χ1v) is 7.28. The summed E-state index contributed by atoms with van der Waals surface area (Å²) < 4.78 is 5.20. The van der Waals surface area contributed by atoms with Crippen LogP contribution in [0, 0.1) is 0 Å². The van der Waals surface area contributed by atoms with Crippen LogP contribution in [-0.2, 0) is 4.79 Å². The van der Waals surface area contributed by atoms with Gasteiger partial charge in [0.25, 0.3) is 0 Å². The second-order valence-corrected chi connectivity index (χ2v) is 5.35. The number of rotatable bonds is 6. The standard InChI is InChI=1S/C15H18N2O2S/c1-11(14-8-5-9-20-14)16-10-15(18)17-12-6-3-4-7-13(12)19-2/h3-9,11,16H,10H2,1-2H3,(H,17,18)/t11-/m1/s1. The average molecular weight is 290 g/mol. The Morgan fingerprint density at radius 3 is 2.80 bits per heavy atom. The van der Waals surface area contributed by atoms with E-state index >= 15 is 0 Å². The number of thiophene rings is 1. The van der Waals surface area contributed by atoms with E-state index in [0.29, 0.717) is 11.4 Å². The van der Waals surface area contributed by atoms with Gasteiger partial charge in [-0.3, -0.25) is 4.79 Å². The number of amides is 1. The summed E-state index contributed by atoms with van der Waals surface area (Å²) in [5.74, 6) is 0.574. The highest BCUT2D eigenvalue weighted by molar-refractivity contribution is 7.10. The minimum Gasteiger partial charge on any atom is -0.495 e. The lowest BCUT2D eigenvalue weighted by atomic mass is 10.2. The van der Waals surface area contributed by atoms with Gasteiger partial charge in [-0.25, -0.2) is 0 Å². The van der Waals surface area contributed by atoms with Gasteiger partial charge in [-0.2, -0.15) is 0 Å². The van der Waals surface area contributed by atoms with Crippen molar-refractivity contribution in [3.05, 3.63) is 46.7 Å². The summed E-state index contributed by atoms with van der Waals surface area (Å²) in [6.45, 7) is 2.30. The SMILES string of the molecule is COc1ccccc1NC(=O)CN[C@H](C)c1cccs1. The van der Waals surface area contributed by atoms with Gasteiger partial charge >= 0.3 is 0 Å². The van der Waals surface area contributed by atoms with Gasteiger partial charge in [0.2, 0.25) is 5.91 Å². The molecule has 2 aromatic rings. The molecule has 0 aliphatic heterocycles. The first kappa shape index (κ1) is 14.6. The van der Waals surface area contributed by atoms with E-state index in [0.717, 1.165) is 0 Å². The number of methoxy groups -OCH3 is 1. The van der Waals surface area contributed by atoms with Crippen LogP contribution in [0.3, 0.4) is 0 Å². The lowest BCUT2D eigenvalue weighted by Crippen LogP contribution is -2.29. The third-order valence-corrected chi connectivity index (χ3v) is 3.97. The highest BCUT2D eigenvalue weighted by atomic mass is 32.1. The Morgan fingerprint density at radius 1 is 1.30 bits per heavy atom. The summed E-state index contributed by atoms with van der Waals surface area (Å²) in [4.78, 5) is 13.1. The number of para-hydroxylation sites is 2. The molecule has 2 rings (SSSR count). The van der Waals surface area contributed by atoms with E-state index < -0.39 is 0 Å². The molecule has 0 aliphatic rings. The molecule has 0 bridgehead atoms. The van der Waals surface area contributed by atoms with E-state index in [2.05, 4.69) is 16.7 Å². The van der Waals surface area contributed by atoms with Crippen molar-refractivity contribution in [3.8, 4) is 5.75 Å². The molecule has 5 heteroatoms. The molecule has 1 heterocycles. The van der Waals surface area contributed by atoms with Crippen LogP contribution in [0.5, 0.6) is 5.75 Å². The fourth-order valence-corrected chi connectivity index (χ4v) is 2.59. The second kappa shape index (κ2) is 7.07. The summed E-state index contributed by atoms with van der Waals surface area (Å²) >= 11 is 1.68. The van der Waals surface area contributed by atoms with Crippen molar-refractivity contribution in [2.75, 3.05) is 19.0 Å².